The number of carbonyl (C=O) groups excluding carboxylic acids is 1. The number of hydrogen-bond donors (Lipinski definition) is 2. The number of thiazole rings is 1. The third kappa shape index (κ3) is 4.60. The monoisotopic (exact) mass is 392 g/mol. The summed E-state index contributed by atoms with van der Waals surface area (Å²) in [5, 5.41) is 19.7. The average molecular weight is 393 g/mol. The minimum Gasteiger partial charge on any atom is -0.349 e. The van der Waals surface area contributed by atoms with Crippen LogP contribution in [-0.4, -0.2) is 34.4 Å². The highest BCUT2D eigenvalue weighted by atomic mass is 32.2. The van der Waals surface area contributed by atoms with E-state index in [9.17, 15) is 14.9 Å². The number of aromatic nitrogens is 1. The van der Waals surface area contributed by atoms with Crippen LogP contribution in [0.25, 0.3) is 0 Å². The zero-order chi connectivity index (χ0) is 18.7. The molecule has 1 amide bonds. The molecule has 138 valence electrons. The second kappa shape index (κ2) is 8.15. The van der Waals surface area contributed by atoms with Crippen LogP contribution in [0.5, 0.6) is 0 Å². The molecule has 2 unspecified atom stereocenters. The SMILES string of the molecule is Cc1csc(Sc2ccc(C(=O)NC3CCNC(C)C3)cc2[N+](=O)[O-])n1. The van der Waals surface area contributed by atoms with Gasteiger partial charge in [-0.15, -0.1) is 11.3 Å². The molecule has 26 heavy (non-hydrogen) atoms. The molecule has 0 spiro atoms. The molecule has 1 fully saturated rings. The summed E-state index contributed by atoms with van der Waals surface area (Å²) in [6, 6.07) is 5.05. The summed E-state index contributed by atoms with van der Waals surface area (Å²) < 4.78 is 0.742. The number of aryl methyl sites for hydroxylation is 1. The molecule has 0 radical (unpaired) electrons. The Kier molecular flexibility index (Phi) is 5.90. The van der Waals surface area contributed by atoms with Gasteiger partial charge in [0, 0.05) is 34.8 Å². The maximum absolute atomic E-state index is 12.5. The van der Waals surface area contributed by atoms with E-state index in [-0.39, 0.29) is 17.6 Å². The third-order valence-corrected chi connectivity index (χ3v) is 6.29. The first-order valence-corrected chi connectivity index (χ1v) is 10.0. The van der Waals surface area contributed by atoms with Gasteiger partial charge in [-0.1, -0.05) is 11.8 Å². The van der Waals surface area contributed by atoms with Crippen molar-refractivity contribution < 1.29 is 9.72 Å². The number of amides is 1. The smallest absolute Gasteiger partial charge is 0.284 e. The van der Waals surface area contributed by atoms with Crippen molar-refractivity contribution in [2.45, 2.75) is 48.0 Å². The molecule has 2 atom stereocenters. The molecule has 2 aromatic rings. The molecule has 3 rings (SSSR count). The first-order valence-electron chi connectivity index (χ1n) is 8.35. The predicted octanol–water partition coefficient (Wildman–Crippen LogP) is 3.38. The largest absolute Gasteiger partial charge is 0.349 e. The molecule has 1 aliphatic heterocycles. The summed E-state index contributed by atoms with van der Waals surface area (Å²) in [6.45, 7) is 4.81. The summed E-state index contributed by atoms with van der Waals surface area (Å²) in [7, 11) is 0. The number of piperidine rings is 1. The fraction of sp³-hybridized carbons (Fsp3) is 0.412. The van der Waals surface area contributed by atoms with E-state index in [1.807, 2.05) is 12.3 Å². The Hall–Kier alpha value is -1.97. The highest BCUT2D eigenvalue weighted by Crippen LogP contribution is 2.36. The zero-order valence-corrected chi connectivity index (χ0v) is 16.2. The fourth-order valence-corrected chi connectivity index (χ4v) is 4.77. The molecule has 1 aromatic carbocycles. The Morgan fingerprint density at radius 2 is 2.31 bits per heavy atom. The minimum absolute atomic E-state index is 0.0748. The molecule has 0 saturated carbocycles. The normalized spacial score (nSPS) is 19.9. The Labute approximate surface area is 159 Å². The van der Waals surface area contributed by atoms with Gasteiger partial charge in [0.15, 0.2) is 4.34 Å². The lowest BCUT2D eigenvalue weighted by atomic mass is 10.0. The van der Waals surface area contributed by atoms with Crippen molar-refractivity contribution in [1.82, 2.24) is 15.6 Å². The average Bonchev–Trinajstić information content (AvgIpc) is 3.00. The predicted molar refractivity (Wildman–Crippen MR) is 102 cm³/mol. The molecule has 9 heteroatoms. The Bertz CT molecular complexity index is 824. The highest BCUT2D eigenvalue weighted by molar-refractivity contribution is 8.01. The molecule has 7 nitrogen and oxygen atoms in total. The standard InChI is InChI=1S/C17H20N4O3S2/c1-10-7-13(5-6-18-10)20-16(22)12-3-4-15(14(8-12)21(23)24)26-17-19-11(2)9-25-17/h3-4,8-10,13,18H,5-7H2,1-2H3,(H,20,22). The molecular weight excluding hydrogens is 372 g/mol. The van der Waals surface area contributed by atoms with Gasteiger partial charge in [0.25, 0.3) is 11.6 Å². The van der Waals surface area contributed by atoms with Gasteiger partial charge in [-0.05, 0) is 45.4 Å². The lowest BCUT2D eigenvalue weighted by molar-refractivity contribution is -0.387. The molecule has 0 aliphatic carbocycles. The zero-order valence-electron chi connectivity index (χ0n) is 14.5. The molecule has 0 bridgehead atoms. The van der Waals surface area contributed by atoms with E-state index in [1.165, 1.54) is 29.2 Å². The van der Waals surface area contributed by atoms with Gasteiger partial charge >= 0.3 is 0 Å². The van der Waals surface area contributed by atoms with Gasteiger partial charge in [-0.25, -0.2) is 4.98 Å². The van der Waals surface area contributed by atoms with E-state index in [0.29, 0.717) is 16.5 Å². The minimum atomic E-state index is -0.452. The van der Waals surface area contributed by atoms with Crippen LogP contribution in [0.3, 0.4) is 0 Å². The number of nitrogens with zero attached hydrogens (tertiary/aromatic N) is 2. The van der Waals surface area contributed by atoms with Crippen LogP contribution in [0.4, 0.5) is 5.69 Å². The molecule has 1 aromatic heterocycles. The van der Waals surface area contributed by atoms with Crippen LogP contribution in [-0.2, 0) is 0 Å². The second-order valence-corrected chi connectivity index (χ2v) is 8.49. The summed E-state index contributed by atoms with van der Waals surface area (Å²) in [4.78, 5) is 28.3. The lowest BCUT2D eigenvalue weighted by Gasteiger charge is -2.28. The summed E-state index contributed by atoms with van der Waals surface area (Å²) in [6.07, 6.45) is 1.71. The number of nitro benzene ring substituents is 1. The highest BCUT2D eigenvalue weighted by Gasteiger charge is 2.23. The van der Waals surface area contributed by atoms with Crippen LogP contribution in [0.2, 0.25) is 0 Å². The van der Waals surface area contributed by atoms with E-state index in [0.717, 1.165) is 29.4 Å². The maximum Gasteiger partial charge on any atom is 0.284 e. The molecule has 2 heterocycles. The van der Waals surface area contributed by atoms with Gasteiger partial charge in [-0.2, -0.15) is 0 Å². The van der Waals surface area contributed by atoms with Crippen molar-refractivity contribution in [2.24, 2.45) is 0 Å². The van der Waals surface area contributed by atoms with Gasteiger partial charge < -0.3 is 10.6 Å². The number of nitrogens with one attached hydrogen (secondary N) is 2. The van der Waals surface area contributed by atoms with Gasteiger partial charge in [-0.3, -0.25) is 14.9 Å². The van der Waals surface area contributed by atoms with E-state index in [4.69, 9.17) is 0 Å². The number of hydrogen-bond acceptors (Lipinski definition) is 7. The molecule has 1 saturated heterocycles. The summed E-state index contributed by atoms with van der Waals surface area (Å²) in [5.74, 6) is -0.270. The van der Waals surface area contributed by atoms with E-state index in [2.05, 4.69) is 22.5 Å². The van der Waals surface area contributed by atoms with Crippen LogP contribution < -0.4 is 10.6 Å². The third-order valence-electron chi connectivity index (χ3n) is 4.17. The van der Waals surface area contributed by atoms with Crippen molar-refractivity contribution in [3.63, 3.8) is 0 Å². The maximum atomic E-state index is 12.5. The topological polar surface area (TPSA) is 97.2 Å². The Morgan fingerprint density at radius 3 is 2.96 bits per heavy atom. The van der Waals surface area contributed by atoms with Crippen LogP contribution >= 0.6 is 23.1 Å². The molecule has 1 aliphatic rings. The van der Waals surface area contributed by atoms with Crippen molar-refractivity contribution >= 4 is 34.7 Å². The number of rotatable bonds is 5. The van der Waals surface area contributed by atoms with Crippen molar-refractivity contribution in [2.75, 3.05) is 6.54 Å². The second-order valence-electron chi connectivity index (χ2n) is 6.35. The summed E-state index contributed by atoms with van der Waals surface area (Å²) in [5.41, 5.74) is 1.11. The first kappa shape index (κ1) is 18.8. The van der Waals surface area contributed by atoms with Crippen molar-refractivity contribution in [3.05, 3.63) is 45.0 Å². The van der Waals surface area contributed by atoms with E-state index in [1.54, 1.807) is 12.1 Å². The van der Waals surface area contributed by atoms with E-state index < -0.39 is 4.92 Å². The lowest BCUT2D eigenvalue weighted by Crippen LogP contribution is -2.46. The molecule has 2 N–H and O–H groups in total. The number of nitro groups is 1. The number of benzene rings is 1. The molecular formula is C17H20N4O3S2. The first-order chi connectivity index (χ1) is 12.4. The van der Waals surface area contributed by atoms with Gasteiger partial charge in [0.05, 0.1) is 9.82 Å². The van der Waals surface area contributed by atoms with E-state index >= 15 is 0 Å². The Balaban J connectivity index is 1.77. The van der Waals surface area contributed by atoms with Crippen LogP contribution in [0.1, 0.15) is 35.8 Å². The van der Waals surface area contributed by atoms with Gasteiger partial charge in [0.1, 0.15) is 0 Å². The Morgan fingerprint density at radius 1 is 1.50 bits per heavy atom. The quantitative estimate of drug-likeness (QED) is 0.598. The number of carbonyl (C=O) groups is 1. The van der Waals surface area contributed by atoms with Gasteiger partial charge in [0.2, 0.25) is 0 Å². The summed E-state index contributed by atoms with van der Waals surface area (Å²) >= 11 is 2.69. The van der Waals surface area contributed by atoms with Crippen molar-refractivity contribution in [1.29, 1.82) is 0 Å². The van der Waals surface area contributed by atoms with Crippen LogP contribution in [0.15, 0.2) is 32.8 Å². The van der Waals surface area contributed by atoms with Crippen molar-refractivity contribution in [3.8, 4) is 0 Å². The van der Waals surface area contributed by atoms with Crippen LogP contribution in [0, 0.1) is 17.0 Å². The fourth-order valence-electron chi connectivity index (χ4n) is 2.89.